The van der Waals surface area contributed by atoms with E-state index in [2.05, 4.69) is 34.3 Å². The summed E-state index contributed by atoms with van der Waals surface area (Å²) in [4.78, 5) is 2.30. The topological polar surface area (TPSA) is 31.8 Å². The number of fused-ring (bicyclic) bond motifs is 1. The number of benzene rings is 1. The number of thiazole rings is 1. The fourth-order valence-electron chi connectivity index (χ4n) is 2.36. The number of azo groups is 1. The molecule has 5 heteroatoms. The molecule has 1 aromatic carbocycles. The average Bonchev–Trinajstić information content (AvgIpc) is 2.82. The summed E-state index contributed by atoms with van der Waals surface area (Å²) >= 11 is 1.59. The molecule has 0 N–H and O–H groups in total. The van der Waals surface area contributed by atoms with Gasteiger partial charge in [0.15, 0.2) is 0 Å². The molecule has 0 saturated heterocycles. The van der Waals surface area contributed by atoms with Crippen LogP contribution in [0.3, 0.4) is 0 Å². The number of nitrogens with zero attached hydrogens (tertiary/aromatic N) is 4. The molecule has 0 unspecified atom stereocenters. The lowest BCUT2D eigenvalue weighted by Crippen LogP contribution is -2.24. The predicted molar refractivity (Wildman–Crippen MR) is 77.7 cm³/mol. The highest BCUT2D eigenvalue weighted by Gasteiger charge is 2.14. The van der Waals surface area contributed by atoms with Crippen LogP contribution in [0.5, 0.6) is 0 Å². The highest BCUT2D eigenvalue weighted by atomic mass is 32.1. The molecular formula is C14H17N4S+. The zero-order chi connectivity index (χ0) is 13.2. The fraction of sp³-hybridized carbons (Fsp3) is 0.357. The number of anilines is 1. The van der Waals surface area contributed by atoms with Crippen LogP contribution in [-0.2, 0) is 13.5 Å². The molecule has 19 heavy (non-hydrogen) atoms. The molecule has 0 amide bonds. The van der Waals surface area contributed by atoms with Crippen LogP contribution in [0.2, 0.25) is 0 Å². The second-order valence-electron chi connectivity index (χ2n) is 4.83. The summed E-state index contributed by atoms with van der Waals surface area (Å²) in [5, 5.41) is 11.6. The molecule has 1 aliphatic heterocycles. The molecule has 3 rings (SSSR count). The maximum Gasteiger partial charge on any atom is 0.408 e. The highest BCUT2D eigenvalue weighted by Crippen LogP contribution is 2.30. The molecule has 1 aromatic heterocycles. The number of aromatic nitrogens is 1. The van der Waals surface area contributed by atoms with Crippen molar-refractivity contribution in [3.05, 3.63) is 35.3 Å². The second kappa shape index (κ2) is 5.09. The lowest BCUT2D eigenvalue weighted by Gasteiger charge is -2.27. The van der Waals surface area contributed by atoms with Gasteiger partial charge in [-0.1, -0.05) is 0 Å². The first-order valence-corrected chi connectivity index (χ1v) is 7.31. The van der Waals surface area contributed by atoms with Crippen molar-refractivity contribution in [1.29, 1.82) is 0 Å². The molecule has 0 fully saturated rings. The highest BCUT2D eigenvalue weighted by molar-refractivity contribution is 7.12. The van der Waals surface area contributed by atoms with Crippen molar-refractivity contribution in [2.45, 2.75) is 12.8 Å². The van der Waals surface area contributed by atoms with Crippen LogP contribution in [0.25, 0.3) is 0 Å². The predicted octanol–water partition coefficient (Wildman–Crippen LogP) is 3.37. The van der Waals surface area contributed by atoms with E-state index >= 15 is 0 Å². The minimum absolute atomic E-state index is 0.912. The van der Waals surface area contributed by atoms with Crippen molar-refractivity contribution in [3.63, 3.8) is 0 Å². The van der Waals surface area contributed by atoms with E-state index in [1.807, 2.05) is 29.3 Å². The Kier molecular flexibility index (Phi) is 3.29. The molecule has 0 radical (unpaired) electrons. The van der Waals surface area contributed by atoms with Gasteiger partial charge in [-0.15, -0.1) is 0 Å². The Bertz CT molecular complexity index is 618. The van der Waals surface area contributed by atoms with E-state index in [-0.39, 0.29) is 0 Å². The minimum Gasteiger partial charge on any atom is -0.374 e. The Labute approximate surface area is 117 Å². The zero-order valence-electron chi connectivity index (χ0n) is 11.2. The Balaban J connectivity index is 1.87. The Hall–Kier alpha value is -1.75. The van der Waals surface area contributed by atoms with Gasteiger partial charge in [0, 0.05) is 24.7 Å². The van der Waals surface area contributed by atoms with Crippen LogP contribution in [0.4, 0.5) is 16.5 Å². The van der Waals surface area contributed by atoms with Crippen molar-refractivity contribution >= 4 is 27.8 Å². The fourth-order valence-corrected chi connectivity index (χ4v) is 3.04. The lowest BCUT2D eigenvalue weighted by molar-refractivity contribution is -0.654. The summed E-state index contributed by atoms with van der Waals surface area (Å²) in [5.41, 5.74) is 3.63. The van der Waals surface area contributed by atoms with Gasteiger partial charge in [-0.25, -0.2) is 4.57 Å². The van der Waals surface area contributed by atoms with Crippen molar-refractivity contribution in [2.75, 3.05) is 18.5 Å². The summed E-state index contributed by atoms with van der Waals surface area (Å²) in [6.45, 7) is 1.14. The van der Waals surface area contributed by atoms with Gasteiger partial charge in [0.1, 0.15) is 11.9 Å². The molecule has 1 aliphatic rings. The van der Waals surface area contributed by atoms with Crippen molar-refractivity contribution in [2.24, 2.45) is 17.3 Å². The van der Waals surface area contributed by atoms with Crippen molar-refractivity contribution in [1.82, 2.24) is 0 Å². The Morgan fingerprint density at radius 1 is 1.32 bits per heavy atom. The molecule has 0 bridgehead atoms. The molecular weight excluding hydrogens is 256 g/mol. The molecule has 4 nitrogen and oxygen atoms in total. The summed E-state index contributed by atoms with van der Waals surface area (Å²) < 4.78 is 1.97. The van der Waals surface area contributed by atoms with Gasteiger partial charge in [-0.2, -0.15) is 0 Å². The van der Waals surface area contributed by atoms with E-state index in [4.69, 9.17) is 0 Å². The molecule has 0 saturated carbocycles. The van der Waals surface area contributed by atoms with Crippen LogP contribution in [0.15, 0.2) is 40.0 Å². The maximum atomic E-state index is 4.34. The van der Waals surface area contributed by atoms with Gasteiger partial charge in [-0.05, 0) is 53.1 Å². The van der Waals surface area contributed by atoms with Gasteiger partial charge in [0.2, 0.25) is 0 Å². The van der Waals surface area contributed by atoms with E-state index in [0.717, 1.165) is 23.8 Å². The van der Waals surface area contributed by atoms with Gasteiger partial charge in [-0.3, -0.25) is 0 Å². The van der Waals surface area contributed by atoms with Gasteiger partial charge in [0.25, 0.3) is 0 Å². The third-order valence-electron chi connectivity index (χ3n) is 3.42. The number of hydrogen-bond donors (Lipinski definition) is 0. The van der Waals surface area contributed by atoms with Crippen LogP contribution < -0.4 is 9.47 Å². The monoisotopic (exact) mass is 273 g/mol. The number of aryl methyl sites for hydroxylation is 2. The van der Waals surface area contributed by atoms with E-state index in [1.165, 1.54) is 17.7 Å². The van der Waals surface area contributed by atoms with Gasteiger partial charge >= 0.3 is 5.13 Å². The molecule has 2 heterocycles. The molecule has 0 atom stereocenters. The smallest absolute Gasteiger partial charge is 0.374 e. The third-order valence-corrected chi connectivity index (χ3v) is 4.26. The average molecular weight is 273 g/mol. The third kappa shape index (κ3) is 2.51. The summed E-state index contributed by atoms with van der Waals surface area (Å²) in [5.74, 6) is 0. The van der Waals surface area contributed by atoms with Crippen molar-refractivity contribution < 1.29 is 4.57 Å². The molecule has 0 aliphatic carbocycles. The SMILES string of the molecule is CN1CCCc2cc(/N=N/c3scc[n+]3C)ccc21. The quantitative estimate of drug-likeness (QED) is 0.610. The van der Waals surface area contributed by atoms with E-state index in [9.17, 15) is 0 Å². The standard InChI is InChI=1S/C14H17N4S/c1-17-7-3-4-11-10-12(5-6-13(11)17)15-16-14-18(2)8-9-19-14/h5-6,8-10H,3-4,7H2,1-2H3/q+1. The largest absolute Gasteiger partial charge is 0.408 e. The van der Waals surface area contributed by atoms with Crippen molar-refractivity contribution in [3.8, 4) is 0 Å². The number of hydrogen-bond acceptors (Lipinski definition) is 4. The summed E-state index contributed by atoms with van der Waals surface area (Å²) in [6.07, 6.45) is 4.33. The number of rotatable bonds is 2. The Morgan fingerprint density at radius 3 is 3.00 bits per heavy atom. The van der Waals surface area contributed by atoms with Crippen LogP contribution in [0.1, 0.15) is 12.0 Å². The van der Waals surface area contributed by atoms with Gasteiger partial charge in [0.05, 0.1) is 12.2 Å². The Morgan fingerprint density at radius 2 is 2.21 bits per heavy atom. The lowest BCUT2D eigenvalue weighted by atomic mass is 10.0. The van der Waals surface area contributed by atoms with E-state index in [0.29, 0.717) is 0 Å². The zero-order valence-corrected chi connectivity index (χ0v) is 12.0. The van der Waals surface area contributed by atoms with Gasteiger partial charge < -0.3 is 4.90 Å². The van der Waals surface area contributed by atoms with Crippen LogP contribution in [0, 0.1) is 0 Å². The first kappa shape index (κ1) is 12.3. The second-order valence-corrected chi connectivity index (χ2v) is 5.71. The normalized spacial score (nSPS) is 14.9. The summed E-state index contributed by atoms with van der Waals surface area (Å²) in [6, 6.07) is 6.34. The molecule has 0 spiro atoms. The van der Waals surface area contributed by atoms with Crippen LogP contribution in [-0.4, -0.2) is 13.6 Å². The maximum absolute atomic E-state index is 4.34. The molecule has 2 aromatic rings. The first-order valence-electron chi connectivity index (χ1n) is 6.43. The minimum atomic E-state index is 0.912. The van der Waals surface area contributed by atoms with Crippen LogP contribution >= 0.6 is 11.3 Å². The van der Waals surface area contributed by atoms with E-state index in [1.54, 1.807) is 11.3 Å². The summed E-state index contributed by atoms with van der Waals surface area (Å²) in [7, 11) is 4.12. The molecule has 98 valence electrons. The van der Waals surface area contributed by atoms with E-state index < -0.39 is 0 Å². The first-order chi connectivity index (χ1) is 9.24.